The first-order valence-electron chi connectivity index (χ1n) is 12.8. The number of hydrogen-bond donors (Lipinski definition) is 0. The van der Waals surface area contributed by atoms with E-state index in [0.29, 0.717) is 0 Å². The maximum absolute atomic E-state index is 5.06. The molecule has 0 radical (unpaired) electrons. The standard InChI is InChI=1S/C36H24N2/c1-3-12-25(13-4-1)31-23-35(37-33-20-9-7-18-29(31)33)27-16-11-17-28(22-27)36-24-32(26-14-5-2-6-15-26)30-19-8-10-21-34(30)38-36/h1-24H. The molecule has 0 unspecified atom stereocenters. The minimum atomic E-state index is 0.952. The zero-order valence-corrected chi connectivity index (χ0v) is 20.8. The van der Waals surface area contributed by atoms with Gasteiger partial charge in [-0.15, -0.1) is 0 Å². The molecule has 7 rings (SSSR count). The molecule has 0 aliphatic carbocycles. The summed E-state index contributed by atoms with van der Waals surface area (Å²) in [5.41, 5.74) is 10.8. The molecule has 38 heavy (non-hydrogen) atoms. The predicted octanol–water partition coefficient (Wildman–Crippen LogP) is 9.45. The molecule has 0 N–H and O–H groups in total. The molecule has 0 amide bonds. The first kappa shape index (κ1) is 22.1. The zero-order valence-electron chi connectivity index (χ0n) is 20.8. The van der Waals surface area contributed by atoms with Gasteiger partial charge in [-0.1, -0.05) is 115 Å². The summed E-state index contributed by atoms with van der Waals surface area (Å²) in [5, 5.41) is 2.31. The second-order valence-electron chi connectivity index (χ2n) is 9.46. The van der Waals surface area contributed by atoms with Crippen LogP contribution in [0.1, 0.15) is 0 Å². The van der Waals surface area contributed by atoms with E-state index in [1.165, 1.54) is 22.3 Å². The summed E-state index contributed by atoms with van der Waals surface area (Å²) in [6.07, 6.45) is 0. The summed E-state index contributed by atoms with van der Waals surface area (Å²) in [6.45, 7) is 0. The summed E-state index contributed by atoms with van der Waals surface area (Å²) >= 11 is 0. The second-order valence-corrected chi connectivity index (χ2v) is 9.46. The number of rotatable bonds is 4. The molecule has 0 fully saturated rings. The van der Waals surface area contributed by atoms with Crippen LogP contribution in [0.2, 0.25) is 0 Å². The Morgan fingerprint density at radius 3 is 1.18 bits per heavy atom. The summed E-state index contributed by atoms with van der Waals surface area (Å²) in [4.78, 5) is 10.1. The van der Waals surface area contributed by atoms with Crippen LogP contribution in [0, 0.1) is 0 Å². The van der Waals surface area contributed by atoms with E-state index in [0.717, 1.165) is 44.3 Å². The van der Waals surface area contributed by atoms with E-state index in [1.807, 2.05) is 0 Å². The Kier molecular flexibility index (Phi) is 5.49. The molecule has 0 spiro atoms. The highest BCUT2D eigenvalue weighted by molar-refractivity contribution is 5.98. The maximum Gasteiger partial charge on any atom is 0.0716 e. The Bertz CT molecular complexity index is 1770. The second kappa shape index (κ2) is 9.42. The molecule has 0 atom stereocenters. The molecule has 2 heteroatoms. The van der Waals surface area contributed by atoms with Gasteiger partial charge >= 0.3 is 0 Å². The fourth-order valence-electron chi connectivity index (χ4n) is 5.20. The maximum atomic E-state index is 5.06. The van der Waals surface area contributed by atoms with Crippen LogP contribution in [0.25, 0.3) is 66.6 Å². The third-order valence-corrected chi connectivity index (χ3v) is 7.06. The SMILES string of the molecule is c1ccc(-c2cc(-c3cccc(-c4cc(-c5ccccc5)c5ccccc5n4)c3)nc3ccccc23)cc1. The molecule has 178 valence electrons. The van der Waals surface area contributed by atoms with Crippen LogP contribution in [0.5, 0.6) is 0 Å². The number of fused-ring (bicyclic) bond motifs is 2. The Balaban J connectivity index is 1.40. The van der Waals surface area contributed by atoms with Crippen LogP contribution >= 0.6 is 0 Å². The van der Waals surface area contributed by atoms with Crippen molar-refractivity contribution in [1.29, 1.82) is 0 Å². The molecule has 0 aliphatic rings. The number of pyridine rings is 2. The van der Waals surface area contributed by atoms with Crippen molar-refractivity contribution in [1.82, 2.24) is 9.97 Å². The molecule has 2 nitrogen and oxygen atoms in total. The molecule has 0 saturated heterocycles. The van der Waals surface area contributed by atoms with Crippen LogP contribution in [-0.2, 0) is 0 Å². The van der Waals surface area contributed by atoms with E-state index in [9.17, 15) is 0 Å². The van der Waals surface area contributed by atoms with Crippen molar-refractivity contribution in [2.24, 2.45) is 0 Å². The monoisotopic (exact) mass is 484 g/mol. The zero-order chi connectivity index (χ0) is 25.3. The van der Waals surface area contributed by atoms with Crippen LogP contribution in [0.3, 0.4) is 0 Å². The molecule has 5 aromatic carbocycles. The summed E-state index contributed by atoms with van der Waals surface area (Å²) < 4.78 is 0. The lowest BCUT2D eigenvalue weighted by Gasteiger charge is -2.13. The Morgan fingerprint density at radius 2 is 0.711 bits per heavy atom. The number of aromatic nitrogens is 2. The molecule has 0 saturated carbocycles. The topological polar surface area (TPSA) is 25.8 Å². The lowest BCUT2D eigenvalue weighted by molar-refractivity contribution is 1.38. The molecule has 7 aromatic rings. The van der Waals surface area contributed by atoms with E-state index in [-0.39, 0.29) is 0 Å². The van der Waals surface area contributed by atoms with Gasteiger partial charge < -0.3 is 0 Å². The number of benzene rings is 5. The van der Waals surface area contributed by atoms with Crippen LogP contribution in [0.4, 0.5) is 0 Å². The van der Waals surface area contributed by atoms with Gasteiger partial charge in [0.1, 0.15) is 0 Å². The summed E-state index contributed by atoms with van der Waals surface area (Å²) in [7, 11) is 0. The minimum Gasteiger partial charge on any atom is -0.248 e. The van der Waals surface area contributed by atoms with Gasteiger partial charge in [0.05, 0.1) is 22.4 Å². The lowest BCUT2D eigenvalue weighted by Crippen LogP contribution is -1.92. The van der Waals surface area contributed by atoms with Crippen molar-refractivity contribution in [3.8, 4) is 44.8 Å². The molecule has 2 aromatic heterocycles. The molecular weight excluding hydrogens is 460 g/mol. The van der Waals surface area contributed by atoms with Gasteiger partial charge in [0.2, 0.25) is 0 Å². The van der Waals surface area contributed by atoms with Gasteiger partial charge in [-0.2, -0.15) is 0 Å². The quantitative estimate of drug-likeness (QED) is 0.249. The van der Waals surface area contributed by atoms with E-state index in [2.05, 4.69) is 146 Å². The van der Waals surface area contributed by atoms with E-state index in [1.54, 1.807) is 0 Å². The Hall–Kier alpha value is -5.08. The van der Waals surface area contributed by atoms with Gasteiger partial charge in [-0.3, -0.25) is 0 Å². The smallest absolute Gasteiger partial charge is 0.0716 e. The highest BCUT2D eigenvalue weighted by atomic mass is 14.7. The highest BCUT2D eigenvalue weighted by Crippen LogP contribution is 2.35. The Morgan fingerprint density at radius 1 is 0.316 bits per heavy atom. The highest BCUT2D eigenvalue weighted by Gasteiger charge is 2.13. The Labute approximate surface area is 221 Å². The van der Waals surface area contributed by atoms with Gasteiger partial charge in [0.25, 0.3) is 0 Å². The first-order chi connectivity index (χ1) is 18.8. The summed E-state index contributed by atoms with van der Waals surface area (Å²) in [5.74, 6) is 0. The van der Waals surface area contributed by atoms with Crippen molar-refractivity contribution in [2.75, 3.05) is 0 Å². The molecule has 0 bridgehead atoms. The fraction of sp³-hybridized carbons (Fsp3) is 0. The average Bonchev–Trinajstić information content (AvgIpc) is 3.01. The average molecular weight is 485 g/mol. The van der Waals surface area contributed by atoms with E-state index < -0.39 is 0 Å². The number of para-hydroxylation sites is 2. The summed E-state index contributed by atoms with van der Waals surface area (Å²) in [6, 6.07) is 50.8. The van der Waals surface area contributed by atoms with Crippen molar-refractivity contribution in [3.05, 3.63) is 146 Å². The van der Waals surface area contributed by atoms with E-state index >= 15 is 0 Å². The minimum absolute atomic E-state index is 0.952. The molecule has 2 heterocycles. The van der Waals surface area contributed by atoms with Crippen LogP contribution < -0.4 is 0 Å². The number of hydrogen-bond acceptors (Lipinski definition) is 2. The van der Waals surface area contributed by atoms with Crippen molar-refractivity contribution in [2.45, 2.75) is 0 Å². The largest absolute Gasteiger partial charge is 0.248 e. The molecular formula is C36H24N2. The van der Waals surface area contributed by atoms with Crippen molar-refractivity contribution >= 4 is 21.8 Å². The third-order valence-electron chi connectivity index (χ3n) is 7.06. The first-order valence-corrected chi connectivity index (χ1v) is 12.8. The van der Waals surface area contributed by atoms with Crippen LogP contribution in [-0.4, -0.2) is 9.97 Å². The lowest BCUT2D eigenvalue weighted by atomic mass is 9.96. The molecule has 0 aliphatic heterocycles. The van der Waals surface area contributed by atoms with Crippen molar-refractivity contribution in [3.63, 3.8) is 0 Å². The van der Waals surface area contributed by atoms with Gasteiger partial charge in [0, 0.05) is 21.9 Å². The third kappa shape index (κ3) is 4.03. The van der Waals surface area contributed by atoms with Gasteiger partial charge in [0.15, 0.2) is 0 Å². The van der Waals surface area contributed by atoms with Crippen LogP contribution in [0.15, 0.2) is 146 Å². The van der Waals surface area contributed by atoms with Crippen molar-refractivity contribution < 1.29 is 0 Å². The van der Waals surface area contributed by atoms with E-state index in [4.69, 9.17) is 9.97 Å². The number of nitrogens with zero attached hydrogens (tertiary/aromatic N) is 2. The fourth-order valence-corrected chi connectivity index (χ4v) is 5.20. The predicted molar refractivity (Wildman–Crippen MR) is 159 cm³/mol. The van der Waals surface area contributed by atoms with Gasteiger partial charge in [-0.05, 0) is 52.6 Å². The van der Waals surface area contributed by atoms with Gasteiger partial charge in [-0.25, -0.2) is 9.97 Å². The normalized spacial score (nSPS) is 11.2.